The summed E-state index contributed by atoms with van der Waals surface area (Å²) in [5.74, 6) is 1.71. The van der Waals surface area contributed by atoms with Crippen LogP contribution >= 0.6 is 0 Å². The Morgan fingerprint density at radius 1 is 1.30 bits per heavy atom. The van der Waals surface area contributed by atoms with Crippen molar-refractivity contribution in [2.45, 2.75) is 52.7 Å². The molecular formula is C17H26N2O. The van der Waals surface area contributed by atoms with Crippen LogP contribution in [-0.4, -0.2) is 11.9 Å². The van der Waals surface area contributed by atoms with Crippen LogP contribution in [0.25, 0.3) is 0 Å². The Hall–Kier alpha value is -1.35. The largest absolute Gasteiger partial charge is 0.384 e. The van der Waals surface area contributed by atoms with Gasteiger partial charge in [-0.3, -0.25) is 5.41 Å². The highest BCUT2D eigenvalue weighted by atomic mass is 16.5. The molecule has 0 aliphatic heterocycles. The van der Waals surface area contributed by atoms with Gasteiger partial charge >= 0.3 is 0 Å². The maximum atomic E-state index is 7.45. The first-order chi connectivity index (χ1) is 9.47. The second-order valence-electron chi connectivity index (χ2n) is 6.26. The Morgan fingerprint density at radius 3 is 2.65 bits per heavy atom. The quantitative estimate of drug-likeness (QED) is 0.650. The van der Waals surface area contributed by atoms with Gasteiger partial charge in [0.1, 0.15) is 5.84 Å². The number of benzene rings is 1. The third kappa shape index (κ3) is 3.60. The molecule has 1 fully saturated rings. The van der Waals surface area contributed by atoms with Crippen LogP contribution < -0.4 is 5.73 Å². The predicted molar refractivity (Wildman–Crippen MR) is 83.0 cm³/mol. The van der Waals surface area contributed by atoms with Crippen LogP contribution in [0, 0.1) is 24.2 Å². The molecule has 3 atom stereocenters. The van der Waals surface area contributed by atoms with E-state index in [1.54, 1.807) is 0 Å². The number of hydrogen-bond acceptors (Lipinski definition) is 2. The second-order valence-corrected chi connectivity index (χ2v) is 6.26. The summed E-state index contributed by atoms with van der Waals surface area (Å²) in [6.07, 6.45) is 4.02. The van der Waals surface area contributed by atoms with E-state index in [2.05, 4.69) is 20.8 Å². The van der Waals surface area contributed by atoms with Crippen molar-refractivity contribution in [1.29, 1.82) is 5.41 Å². The van der Waals surface area contributed by atoms with Gasteiger partial charge in [0.25, 0.3) is 0 Å². The van der Waals surface area contributed by atoms with Gasteiger partial charge in [0.2, 0.25) is 0 Å². The van der Waals surface area contributed by atoms with Crippen molar-refractivity contribution in [2.24, 2.45) is 17.6 Å². The summed E-state index contributed by atoms with van der Waals surface area (Å²) < 4.78 is 6.08. The van der Waals surface area contributed by atoms with Gasteiger partial charge in [0.15, 0.2) is 0 Å². The van der Waals surface area contributed by atoms with E-state index in [4.69, 9.17) is 15.9 Å². The first-order valence-electron chi connectivity index (χ1n) is 7.53. The molecule has 0 heterocycles. The molecule has 1 aromatic rings. The van der Waals surface area contributed by atoms with Crippen LogP contribution in [0.5, 0.6) is 0 Å². The van der Waals surface area contributed by atoms with Crippen LogP contribution in [0.3, 0.4) is 0 Å². The van der Waals surface area contributed by atoms with Crippen molar-refractivity contribution in [2.75, 3.05) is 0 Å². The minimum Gasteiger partial charge on any atom is -0.384 e. The summed E-state index contributed by atoms with van der Waals surface area (Å²) in [5, 5.41) is 7.45. The first kappa shape index (κ1) is 15.0. The Balaban J connectivity index is 1.93. The summed E-state index contributed by atoms with van der Waals surface area (Å²) in [6.45, 7) is 7.38. The molecule has 20 heavy (non-hydrogen) atoms. The van der Waals surface area contributed by atoms with Gasteiger partial charge < -0.3 is 10.5 Å². The van der Waals surface area contributed by atoms with Crippen molar-refractivity contribution in [3.63, 3.8) is 0 Å². The highest BCUT2D eigenvalue weighted by molar-refractivity contribution is 5.95. The Bertz CT molecular complexity index is 484. The van der Waals surface area contributed by atoms with Crippen molar-refractivity contribution < 1.29 is 4.74 Å². The van der Waals surface area contributed by atoms with Crippen molar-refractivity contribution >= 4 is 5.84 Å². The molecule has 110 valence electrons. The third-order valence-corrected chi connectivity index (χ3v) is 4.68. The smallest absolute Gasteiger partial charge is 0.122 e. The van der Waals surface area contributed by atoms with Crippen LogP contribution in [0.4, 0.5) is 0 Å². The van der Waals surface area contributed by atoms with E-state index in [0.29, 0.717) is 12.7 Å². The summed E-state index contributed by atoms with van der Waals surface area (Å²) in [6, 6.07) is 5.90. The summed E-state index contributed by atoms with van der Waals surface area (Å²) in [7, 11) is 0. The Kier molecular flexibility index (Phi) is 4.81. The number of nitrogens with two attached hydrogens (primary N) is 1. The van der Waals surface area contributed by atoms with Crippen LogP contribution in [-0.2, 0) is 11.3 Å². The minimum atomic E-state index is 0.121. The van der Waals surface area contributed by atoms with Gasteiger partial charge in [-0.15, -0.1) is 0 Å². The van der Waals surface area contributed by atoms with Crippen molar-refractivity contribution in [3.8, 4) is 0 Å². The van der Waals surface area contributed by atoms with E-state index in [0.717, 1.165) is 23.0 Å². The fourth-order valence-corrected chi connectivity index (χ4v) is 2.88. The highest BCUT2D eigenvalue weighted by Gasteiger charge is 2.24. The van der Waals surface area contributed by atoms with Crippen molar-refractivity contribution in [3.05, 3.63) is 34.9 Å². The lowest BCUT2D eigenvalue weighted by atomic mass is 9.80. The molecule has 0 radical (unpaired) electrons. The van der Waals surface area contributed by atoms with E-state index in [9.17, 15) is 0 Å². The topological polar surface area (TPSA) is 59.1 Å². The van der Waals surface area contributed by atoms with Gasteiger partial charge in [-0.25, -0.2) is 0 Å². The zero-order valence-electron chi connectivity index (χ0n) is 12.8. The monoisotopic (exact) mass is 274 g/mol. The molecule has 3 unspecified atom stereocenters. The van der Waals surface area contributed by atoms with E-state index < -0.39 is 0 Å². The summed E-state index contributed by atoms with van der Waals surface area (Å²) >= 11 is 0. The Labute approximate surface area is 122 Å². The molecule has 3 nitrogen and oxygen atoms in total. The highest BCUT2D eigenvalue weighted by Crippen LogP contribution is 2.31. The predicted octanol–water partition coefficient (Wildman–Crippen LogP) is 3.62. The van der Waals surface area contributed by atoms with E-state index >= 15 is 0 Å². The Morgan fingerprint density at radius 2 is 2.05 bits per heavy atom. The molecular weight excluding hydrogens is 248 g/mol. The molecule has 1 aliphatic carbocycles. The fourth-order valence-electron chi connectivity index (χ4n) is 2.88. The number of rotatable bonds is 4. The van der Waals surface area contributed by atoms with Gasteiger partial charge in [-0.05, 0) is 55.2 Å². The van der Waals surface area contributed by atoms with Crippen LogP contribution in [0.2, 0.25) is 0 Å². The first-order valence-corrected chi connectivity index (χ1v) is 7.53. The number of hydrogen-bond donors (Lipinski definition) is 2. The van der Waals surface area contributed by atoms with Crippen LogP contribution in [0.1, 0.15) is 49.8 Å². The molecule has 0 amide bonds. The van der Waals surface area contributed by atoms with Crippen LogP contribution in [0.15, 0.2) is 18.2 Å². The molecule has 0 bridgehead atoms. The lowest BCUT2D eigenvalue weighted by molar-refractivity contribution is -0.00762. The number of nitrogens with one attached hydrogen (secondary N) is 1. The van der Waals surface area contributed by atoms with Crippen molar-refractivity contribution in [1.82, 2.24) is 0 Å². The molecule has 0 saturated heterocycles. The summed E-state index contributed by atoms with van der Waals surface area (Å²) in [4.78, 5) is 0. The number of aryl methyl sites for hydroxylation is 1. The zero-order valence-corrected chi connectivity index (χ0v) is 12.8. The van der Waals surface area contributed by atoms with Gasteiger partial charge in [-0.1, -0.05) is 26.0 Å². The van der Waals surface area contributed by atoms with E-state index in [1.165, 1.54) is 24.8 Å². The zero-order chi connectivity index (χ0) is 14.7. The van der Waals surface area contributed by atoms with Gasteiger partial charge in [0.05, 0.1) is 12.7 Å². The fraction of sp³-hybridized carbons (Fsp3) is 0.588. The van der Waals surface area contributed by atoms with Gasteiger partial charge in [0, 0.05) is 5.56 Å². The normalized spacial score (nSPS) is 26.4. The number of amidine groups is 1. The molecule has 3 heteroatoms. The molecule has 1 aromatic carbocycles. The molecule has 2 rings (SSSR count). The van der Waals surface area contributed by atoms with E-state index in [-0.39, 0.29) is 5.84 Å². The molecule has 1 aliphatic rings. The number of ether oxygens (including phenoxy) is 1. The molecule has 0 aromatic heterocycles. The lowest BCUT2D eigenvalue weighted by Crippen LogP contribution is -2.26. The standard InChI is InChI=1S/C17H26N2O/c1-11-4-7-16(9-12(11)2)20-10-15-6-5-14(17(18)19)8-13(15)3/h5-6,8,11-12,16H,4,7,9-10H2,1-3H3,(H3,18,19). The maximum absolute atomic E-state index is 7.45. The average Bonchev–Trinajstić information content (AvgIpc) is 2.41. The van der Waals surface area contributed by atoms with E-state index in [1.807, 2.05) is 18.2 Å². The maximum Gasteiger partial charge on any atom is 0.122 e. The molecule has 3 N–H and O–H groups in total. The number of nitrogen functional groups attached to an aromatic ring is 1. The third-order valence-electron chi connectivity index (χ3n) is 4.68. The molecule has 0 spiro atoms. The van der Waals surface area contributed by atoms with Gasteiger partial charge in [-0.2, -0.15) is 0 Å². The SMILES string of the molecule is Cc1cc(C(=N)N)ccc1COC1CCC(C)C(C)C1. The summed E-state index contributed by atoms with van der Waals surface area (Å²) in [5.41, 5.74) is 8.63. The molecule has 1 saturated carbocycles. The minimum absolute atomic E-state index is 0.121. The average molecular weight is 274 g/mol. The second kappa shape index (κ2) is 6.40. The lowest BCUT2D eigenvalue weighted by Gasteiger charge is -2.32.